The zero-order valence-electron chi connectivity index (χ0n) is 16.3. The van der Waals surface area contributed by atoms with Crippen molar-refractivity contribution in [1.29, 1.82) is 0 Å². The van der Waals surface area contributed by atoms with Gasteiger partial charge in [0, 0.05) is 24.2 Å². The highest BCUT2D eigenvalue weighted by atomic mass is 35.5. The number of benzene rings is 1. The lowest BCUT2D eigenvalue weighted by Crippen LogP contribution is -2.38. The molecule has 0 aromatic heterocycles. The predicted molar refractivity (Wildman–Crippen MR) is 115 cm³/mol. The van der Waals surface area contributed by atoms with Gasteiger partial charge in [0.25, 0.3) is 0 Å². The van der Waals surface area contributed by atoms with Crippen LogP contribution in [-0.4, -0.2) is 67.6 Å². The average Bonchev–Trinajstić information content (AvgIpc) is 3.11. The lowest BCUT2D eigenvalue weighted by molar-refractivity contribution is -0.137. The van der Waals surface area contributed by atoms with E-state index in [9.17, 15) is 18.0 Å². The van der Waals surface area contributed by atoms with E-state index in [4.69, 9.17) is 26.2 Å². The Morgan fingerprint density at radius 2 is 1.93 bits per heavy atom. The van der Waals surface area contributed by atoms with Crippen LogP contribution in [-0.2, 0) is 19.4 Å². The van der Waals surface area contributed by atoms with Crippen LogP contribution in [0, 0.1) is 0 Å². The molecule has 2 aliphatic rings. The van der Waals surface area contributed by atoms with Crippen molar-refractivity contribution >= 4 is 55.9 Å². The molecule has 2 atom stereocenters. The number of amides is 1. The second-order valence-electron chi connectivity index (χ2n) is 6.86. The maximum Gasteiger partial charge on any atom is 0.303 e. The van der Waals surface area contributed by atoms with E-state index < -0.39 is 27.8 Å². The molecule has 1 aromatic carbocycles. The number of halogens is 1. The number of anilines is 1. The van der Waals surface area contributed by atoms with Crippen LogP contribution in [0.15, 0.2) is 17.1 Å². The molecule has 2 saturated heterocycles. The molecular weight excluding hydrogens is 456 g/mol. The third-order valence-corrected chi connectivity index (χ3v) is 8.29. The molecule has 164 valence electrons. The van der Waals surface area contributed by atoms with Gasteiger partial charge in [-0.2, -0.15) is 4.99 Å². The Balaban J connectivity index is 1.98. The quantitative estimate of drug-likeness (QED) is 0.630. The van der Waals surface area contributed by atoms with Crippen molar-refractivity contribution in [3.8, 4) is 11.5 Å². The molecule has 9 nitrogen and oxygen atoms in total. The van der Waals surface area contributed by atoms with Crippen LogP contribution >= 0.6 is 23.4 Å². The van der Waals surface area contributed by atoms with Crippen LogP contribution in [0.3, 0.4) is 0 Å². The summed E-state index contributed by atoms with van der Waals surface area (Å²) >= 11 is 7.51. The Bertz CT molecular complexity index is 996. The minimum Gasteiger partial charge on any atom is -0.495 e. The number of nitrogens with zero attached hydrogens (tertiary/aromatic N) is 2. The average molecular weight is 477 g/mol. The van der Waals surface area contributed by atoms with Crippen molar-refractivity contribution in [2.24, 2.45) is 4.99 Å². The second-order valence-corrected chi connectivity index (χ2v) is 10.6. The van der Waals surface area contributed by atoms with Crippen molar-refractivity contribution in [2.45, 2.75) is 30.6 Å². The van der Waals surface area contributed by atoms with Gasteiger partial charge >= 0.3 is 5.97 Å². The molecular formula is C18H21ClN2O7S2. The summed E-state index contributed by atoms with van der Waals surface area (Å²) in [7, 11) is -0.300. The van der Waals surface area contributed by atoms with Crippen LogP contribution in [0.4, 0.5) is 5.69 Å². The number of fused-ring (bicyclic) bond motifs is 1. The maximum absolute atomic E-state index is 12.3. The van der Waals surface area contributed by atoms with Gasteiger partial charge in [-0.05, 0) is 12.5 Å². The van der Waals surface area contributed by atoms with E-state index in [2.05, 4.69) is 4.99 Å². The summed E-state index contributed by atoms with van der Waals surface area (Å²) in [5.74, 6) is -0.758. The van der Waals surface area contributed by atoms with Crippen molar-refractivity contribution in [3.63, 3.8) is 0 Å². The Labute approximate surface area is 183 Å². The lowest BCUT2D eigenvalue weighted by atomic mass is 10.1. The zero-order chi connectivity index (χ0) is 22.1. The van der Waals surface area contributed by atoms with E-state index in [1.54, 1.807) is 17.0 Å². The fourth-order valence-electron chi connectivity index (χ4n) is 3.43. The highest BCUT2D eigenvalue weighted by Gasteiger charge is 2.50. The molecule has 1 amide bonds. The van der Waals surface area contributed by atoms with E-state index in [-0.39, 0.29) is 36.0 Å². The van der Waals surface area contributed by atoms with E-state index in [0.717, 1.165) is 0 Å². The number of aliphatic carboxylic acids is 1. The molecule has 2 heterocycles. The number of carboxylic acid groups (broad SMARTS) is 1. The van der Waals surface area contributed by atoms with Crippen LogP contribution in [0.2, 0.25) is 5.02 Å². The van der Waals surface area contributed by atoms with Crippen LogP contribution < -0.4 is 14.4 Å². The fraction of sp³-hybridized carbons (Fsp3) is 0.500. The topological polar surface area (TPSA) is 123 Å². The number of aliphatic imine (C=N–C) groups is 1. The third-order valence-electron chi connectivity index (χ3n) is 4.78. The molecule has 1 N–H and O–H groups in total. The Kier molecular flexibility index (Phi) is 6.83. The molecule has 1 aromatic rings. The predicted octanol–water partition coefficient (Wildman–Crippen LogP) is 2.21. The summed E-state index contributed by atoms with van der Waals surface area (Å²) in [5, 5.41) is 9.09. The molecule has 2 fully saturated rings. The van der Waals surface area contributed by atoms with Crippen molar-refractivity contribution in [3.05, 3.63) is 17.2 Å². The summed E-state index contributed by atoms with van der Waals surface area (Å²) in [6.45, 7) is 0. The number of ether oxygens (including phenoxy) is 2. The van der Waals surface area contributed by atoms with Gasteiger partial charge in [-0.1, -0.05) is 23.4 Å². The monoisotopic (exact) mass is 476 g/mol. The van der Waals surface area contributed by atoms with E-state index in [0.29, 0.717) is 27.4 Å². The van der Waals surface area contributed by atoms with Crippen LogP contribution in [0.25, 0.3) is 0 Å². The number of sulfone groups is 1. The van der Waals surface area contributed by atoms with Gasteiger partial charge in [0.2, 0.25) is 5.91 Å². The van der Waals surface area contributed by atoms with Gasteiger partial charge in [0.05, 0.1) is 42.5 Å². The first-order chi connectivity index (χ1) is 14.1. The van der Waals surface area contributed by atoms with Crippen LogP contribution in [0.5, 0.6) is 11.5 Å². The van der Waals surface area contributed by atoms with Crippen molar-refractivity contribution in [2.75, 3.05) is 30.6 Å². The minimum absolute atomic E-state index is 0.0155. The van der Waals surface area contributed by atoms with Crippen LogP contribution in [0.1, 0.15) is 19.3 Å². The molecule has 0 aliphatic carbocycles. The van der Waals surface area contributed by atoms with E-state index in [1.807, 2.05) is 0 Å². The van der Waals surface area contributed by atoms with E-state index >= 15 is 0 Å². The van der Waals surface area contributed by atoms with Crippen molar-refractivity contribution < 1.29 is 32.6 Å². The normalized spacial score (nSPS) is 23.4. The number of carbonyl (C=O) groups is 2. The lowest BCUT2D eigenvalue weighted by Gasteiger charge is -2.26. The van der Waals surface area contributed by atoms with Crippen molar-refractivity contribution in [1.82, 2.24) is 0 Å². The number of carbonyl (C=O) groups excluding carboxylic acids is 1. The first kappa shape index (κ1) is 22.7. The molecule has 12 heteroatoms. The Hall–Kier alpha value is -1.98. The summed E-state index contributed by atoms with van der Waals surface area (Å²) in [6.07, 6.45) is 0.0335. The molecule has 0 bridgehead atoms. The first-order valence-electron chi connectivity index (χ1n) is 9.06. The molecule has 3 rings (SSSR count). The smallest absolute Gasteiger partial charge is 0.303 e. The number of hydrogen-bond acceptors (Lipinski definition) is 7. The molecule has 0 unspecified atom stereocenters. The number of methoxy groups -OCH3 is 2. The Morgan fingerprint density at radius 3 is 2.57 bits per heavy atom. The first-order valence-corrected chi connectivity index (χ1v) is 12.1. The van der Waals surface area contributed by atoms with Gasteiger partial charge in [-0.15, -0.1) is 0 Å². The Morgan fingerprint density at radius 1 is 1.23 bits per heavy atom. The molecule has 2 aliphatic heterocycles. The van der Waals surface area contributed by atoms with E-state index in [1.165, 1.54) is 26.0 Å². The number of carboxylic acids is 1. The number of rotatable bonds is 7. The summed E-state index contributed by atoms with van der Waals surface area (Å²) < 4.78 is 35.1. The van der Waals surface area contributed by atoms with Gasteiger partial charge in [-0.25, -0.2) is 8.42 Å². The third kappa shape index (κ3) is 4.84. The summed E-state index contributed by atoms with van der Waals surface area (Å²) in [6, 6.07) is 2.76. The highest BCUT2D eigenvalue weighted by Crippen LogP contribution is 2.46. The SMILES string of the molecule is COc1cc(OC)c(N2C(=NC(=O)CCCC(=O)O)S[C@@H]3CS(=O)(=O)C[C@H]32)cc1Cl. The van der Waals surface area contributed by atoms with Gasteiger partial charge in [0.15, 0.2) is 15.0 Å². The number of amidine groups is 1. The highest BCUT2D eigenvalue weighted by molar-refractivity contribution is 8.16. The fourth-order valence-corrected chi connectivity index (χ4v) is 7.59. The standard InChI is InChI=1S/C18H21ClN2O7S2/c1-27-13-7-14(28-2)11(6-10(13)19)21-12-8-30(25,26)9-15(12)29-18(21)20-16(22)4-3-5-17(23)24/h6-7,12,15H,3-5,8-9H2,1-2H3,(H,23,24)/t12-,15-/m1/s1. The second kappa shape index (κ2) is 9.03. The van der Waals surface area contributed by atoms with Gasteiger partial charge < -0.3 is 19.5 Å². The molecule has 0 spiro atoms. The number of thioether (sulfide) groups is 1. The maximum atomic E-state index is 12.3. The van der Waals surface area contributed by atoms with Gasteiger partial charge in [-0.3, -0.25) is 9.59 Å². The molecule has 30 heavy (non-hydrogen) atoms. The molecule has 0 radical (unpaired) electrons. The molecule has 0 saturated carbocycles. The summed E-state index contributed by atoms with van der Waals surface area (Å²) in [5.41, 5.74) is 0.484. The summed E-state index contributed by atoms with van der Waals surface area (Å²) in [4.78, 5) is 28.8. The largest absolute Gasteiger partial charge is 0.495 e. The minimum atomic E-state index is -3.23. The van der Waals surface area contributed by atoms with Gasteiger partial charge in [0.1, 0.15) is 11.5 Å². The zero-order valence-corrected chi connectivity index (χ0v) is 18.7. The number of hydrogen-bond donors (Lipinski definition) is 1.